The molecule has 3 heterocycles. The van der Waals surface area contributed by atoms with E-state index in [0.29, 0.717) is 36.1 Å². The molecule has 1 unspecified atom stereocenters. The normalized spacial score (nSPS) is 16.4. The first-order valence-electron chi connectivity index (χ1n) is 10.2. The number of likely N-dealkylation sites (tertiary alicyclic amines) is 1. The van der Waals surface area contributed by atoms with Crippen LogP contribution >= 0.6 is 0 Å². The van der Waals surface area contributed by atoms with Crippen molar-refractivity contribution >= 4 is 5.91 Å². The van der Waals surface area contributed by atoms with Gasteiger partial charge in [0.2, 0.25) is 11.8 Å². The number of hydrogen-bond donors (Lipinski definition) is 1. The molecular weight excluding hydrogens is 397 g/mol. The van der Waals surface area contributed by atoms with E-state index in [2.05, 4.69) is 20.4 Å². The van der Waals surface area contributed by atoms with Crippen LogP contribution in [0.2, 0.25) is 0 Å². The van der Waals surface area contributed by atoms with Gasteiger partial charge in [-0.15, -0.1) is 10.2 Å². The summed E-state index contributed by atoms with van der Waals surface area (Å²) < 4.78 is 19.0. The third-order valence-corrected chi connectivity index (χ3v) is 5.47. The second-order valence-corrected chi connectivity index (χ2v) is 7.58. The Balaban J connectivity index is 1.30. The predicted molar refractivity (Wildman–Crippen MR) is 112 cm³/mol. The maximum atomic E-state index is 13.1. The first-order chi connectivity index (χ1) is 15.2. The summed E-state index contributed by atoms with van der Waals surface area (Å²) in [5.74, 6) is 0.374. The van der Waals surface area contributed by atoms with Gasteiger partial charge in [0.25, 0.3) is 5.91 Å². The molecule has 5 rings (SSSR count). The molecule has 1 fully saturated rings. The predicted octanol–water partition coefficient (Wildman–Crippen LogP) is 4.29. The zero-order valence-electron chi connectivity index (χ0n) is 16.7. The maximum absolute atomic E-state index is 13.1. The first kappa shape index (κ1) is 19.2. The van der Waals surface area contributed by atoms with Gasteiger partial charge in [0, 0.05) is 24.2 Å². The monoisotopic (exact) mass is 417 g/mol. The molecule has 1 N–H and O–H groups in total. The Hall–Kier alpha value is -3.81. The summed E-state index contributed by atoms with van der Waals surface area (Å²) in [4.78, 5) is 14.8. The average Bonchev–Trinajstić information content (AvgIpc) is 3.50. The molecule has 1 aliphatic rings. The molecule has 2 aromatic carbocycles. The fourth-order valence-corrected chi connectivity index (χ4v) is 3.83. The molecule has 0 bridgehead atoms. The summed E-state index contributed by atoms with van der Waals surface area (Å²) in [5, 5.41) is 15.4. The molecule has 0 saturated carbocycles. The molecule has 0 spiro atoms. The lowest BCUT2D eigenvalue weighted by Gasteiger charge is -2.30. The number of carbonyl (C=O) groups is 1. The number of nitrogens with one attached hydrogen (secondary N) is 1. The number of rotatable bonds is 4. The van der Waals surface area contributed by atoms with Crippen LogP contribution in [-0.2, 0) is 0 Å². The van der Waals surface area contributed by atoms with Gasteiger partial charge in [0.1, 0.15) is 11.5 Å². The number of aromatic amines is 1. The van der Waals surface area contributed by atoms with E-state index in [0.717, 1.165) is 24.1 Å². The lowest BCUT2D eigenvalue weighted by molar-refractivity contribution is 0.0692. The summed E-state index contributed by atoms with van der Waals surface area (Å²) in [6, 6.07) is 17.4. The van der Waals surface area contributed by atoms with E-state index in [-0.39, 0.29) is 17.6 Å². The topological polar surface area (TPSA) is 87.9 Å². The summed E-state index contributed by atoms with van der Waals surface area (Å²) >= 11 is 0. The Morgan fingerprint density at radius 3 is 2.68 bits per heavy atom. The molecule has 7 nitrogen and oxygen atoms in total. The van der Waals surface area contributed by atoms with E-state index < -0.39 is 0 Å². The Labute approximate surface area is 177 Å². The fourth-order valence-electron chi connectivity index (χ4n) is 3.83. The number of aromatic nitrogens is 4. The molecule has 8 heteroatoms. The van der Waals surface area contributed by atoms with Crippen molar-refractivity contribution in [2.24, 2.45) is 0 Å². The summed E-state index contributed by atoms with van der Waals surface area (Å²) in [7, 11) is 0. The molecule has 4 aromatic rings. The van der Waals surface area contributed by atoms with E-state index in [1.54, 1.807) is 23.1 Å². The Bertz CT molecular complexity index is 1190. The van der Waals surface area contributed by atoms with Crippen LogP contribution in [0.15, 0.2) is 65.1 Å². The van der Waals surface area contributed by atoms with Crippen LogP contribution in [0.5, 0.6) is 0 Å². The lowest BCUT2D eigenvalue weighted by Crippen LogP contribution is -2.39. The second kappa shape index (κ2) is 8.14. The number of benzene rings is 2. The number of carbonyl (C=O) groups excluding carboxylic acids is 1. The van der Waals surface area contributed by atoms with Crippen LogP contribution in [0.1, 0.15) is 35.1 Å². The largest absolute Gasteiger partial charge is 0.420 e. The maximum Gasteiger partial charge on any atom is 0.271 e. The van der Waals surface area contributed by atoms with Gasteiger partial charge < -0.3 is 9.32 Å². The van der Waals surface area contributed by atoms with Crippen LogP contribution in [0.4, 0.5) is 4.39 Å². The average molecular weight is 417 g/mol. The molecule has 1 saturated heterocycles. The van der Waals surface area contributed by atoms with Gasteiger partial charge in [-0.3, -0.25) is 9.89 Å². The number of piperidine rings is 1. The molecule has 1 aliphatic heterocycles. The quantitative estimate of drug-likeness (QED) is 0.535. The van der Waals surface area contributed by atoms with Crippen molar-refractivity contribution < 1.29 is 13.6 Å². The molecule has 1 atom stereocenters. The standard InChI is InChI=1S/C23H20FN5O2/c24-18-10-8-16(9-11-18)21-27-28-22(31-21)17-7-4-12-29(14-17)23(30)20-13-19(25-26-20)15-5-2-1-3-6-15/h1-3,5-6,8-11,13,17H,4,7,12,14H2,(H,25,26). The van der Waals surface area contributed by atoms with E-state index in [1.807, 2.05) is 30.3 Å². The minimum Gasteiger partial charge on any atom is -0.420 e. The van der Waals surface area contributed by atoms with Gasteiger partial charge in [-0.25, -0.2) is 4.39 Å². The molecule has 31 heavy (non-hydrogen) atoms. The molecule has 0 radical (unpaired) electrons. The number of amides is 1. The van der Waals surface area contributed by atoms with E-state index in [1.165, 1.54) is 12.1 Å². The molecule has 2 aromatic heterocycles. The second-order valence-electron chi connectivity index (χ2n) is 7.58. The van der Waals surface area contributed by atoms with Crippen molar-refractivity contribution in [1.29, 1.82) is 0 Å². The van der Waals surface area contributed by atoms with E-state index >= 15 is 0 Å². The molecule has 156 valence electrons. The third kappa shape index (κ3) is 3.96. The Morgan fingerprint density at radius 2 is 1.87 bits per heavy atom. The SMILES string of the molecule is O=C(c1cc(-c2ccccc2)n[nH]1)N1CCCC(c2nnc(-c3ccc(F)cc3)o2)C1. The molecule has 0 aliphatic carbocycles. The van der Waals surface area contributed by atoms with Gasteiger partial charge in [0.15, 0.2) is 0 Å². The Morgan fingerprint density at radius 1 is 1.06 bits per heavy atom. The first-order valence-corrected chi connectivity index (χ1v) is 10.2. The van der Waals surface area contributed by atoms with Crippen molar-refractivity contribution in [1.82, 2.24) is 25.3 Å². The zero-order chi connectivity index (χ0) is 21.2. The molecular formula is C23H20FN5O2. The Kier molecular flexibility index (Phi) is 5.03. The van der Waals surface area contributed by atoms with Gasteiger partial charge in [-0.05, 0) is 43.2 Å². The minimum atomic E-state index is -0.320. The van der Waals surface area contributed by atoms with Gasteiger partial charge in [0.05, 0.1) is 11.6 Å². The summed E-state index contributed by atoms with van der Waals surface area (Å²) in [6.45, 7) is 1.15. The highest BCUT2D eigenvalue weighted by molar-refractivity contribution is 5.93. The highest BCUT2D eigenvalue weighted by atomic mass is 19.1. The molecule has 1 amide bonds. The van der Waals surface area contributed by atoms with Crippen LogP contribution in [0.3, 0.4) is 0 Å². The highest BCUT2D eigenvalue weighted by Crippen LogP contribution is 2.29. The summed E-state index contributed by atoms with van der Waals surface area (Å²) in [6.07, 6.45) is 1.69. The van der Waals surface area contributed by atoms with Crippen molar-refractivity contribution in [2.75, 3.05) is 13.1 Å². The van der Waals surface area contributed by atoms with Crippen LogP contribution in [-0.4, -0.2) is 44.3 Å². The van der Waals surface area contributed by atoms with Crippen LogP contribution in [0, 0.1) is 5.82 Å². The smallest absolute Gasteiger partial charge is 0.271 e. The van der Waals surface area contributed by atoms with E-state index in [9.17, 15) is 9.18 Å². The van der Waals surface area contributed by atoms with Crippen LogP contribution in [0.25, 0.3) is 22.7 Å². The summed E-state index contributed by atoms with van der Waals surface area (Å²) in [5.41, 5.74) is 2.80. The third-order valence-electron chi connectivity index (χ3n) is 5.47. The van der Waals surface area contributed by atoms with E-state index in [4.69, 9.17) is 4.42 Å². The zero-order valence-corrected chi connectivity index (χ0v) is 16.7. The van der Waals surface area contributed by atoms with Gasteiger partial charge in [-0.1, -0.05) is 30.3 Å². The number of nitrogens with zero attached hydrogens (tertiary/aromatic N) is 4. The fraction of sp³-hybridized carbons (Fsp3) is 0.217. The van der Waals surface area contributed by atoms with Gasteiger partial charge >= 0.3 is 0 Å². The van der Waals surface area contributed by atoms with Crippen molar-refractivity contribution in [3.63, 3.8) is 0 Å². The van der Waals surface area contributed by atoms with Gasteiger partial charge in [-0.2, -0.15) is 5.10 Å². The lowest BCUT2D eigenvalue weighted by atomic mass is 9.97. The van der Waals surface area contributed by atoms with Crippen LogP contribution < -0.4 is 0 Å². The van der Waals surface area contributed by atoms with Crippen molar-refractivity contribution in [2.45, 2.75) is 18.8 Å². The van der Waals surface area contributed by atoms with Crippen molar-refractivity contribution in [3.05, 3.63) is 78.1 Å². The minimum absolute atomic E-state index is 0.0455. The number of halogens is 1. The number of H-pyrrole nitrogens is 1. The number of hydrogen-bond acceptors (Lipinski definition) is 5. The van der Waals surface area contributed by atoms with Crippen molar-refractivity contribution in [3.8, 4) is 22.7 Å². The highest BCUT2D eigenvalue weighted by Gasteiger charge is 2.30.